The van der Waals surface area contributed by atoms with Crippen LogP contribution in [0, 0.1) is 0 Å². The standard InChI is InChI=1S/C17H13F3N2O3/c1-24-13-7-11-12(8-14(13)25-2)21-15(22-16(11)23)9-3-5-10(6-4-9)17(18,19)20/h3-8H,1-2H3,(H,21,22,23). The van der Waals surface area contributed by atoms with Crippen LogP contribution in [0.4, 0.5) is 13.2 Å². The van der Waals surface area contributed by atoms with E-state index in [1.54, 1.807) is 0 Å². The number of nitrogens with zero attached hydrogens (tertiary/aromatic N) is 1. The number of halogens is 3. The second-order valence-electron chi connectivity index (χ2n) is 5.21. The van der Waals surface area contributed by atoms with Gasteiger partial charge in [0, 0.05) is 11.6 Å². The average Bonchev–Trinajstić information content (AvgIpc) is 2.60. The van der Waals surface area contributed by atoms with E-state index in [2.05, 4.69) is 9.97 Å². The first-order valence-electron chi connectivity index (χ1n) is 7.17. The molecule has 8 heteroatoms. The fourth-order valence-electron chi connectivity index (χ4n) is 2.42. The number of aromatic amines is 1. The highest BCUT2D eigenvalue weighted by molar-refractivity contribution is 5.83. The highest BCUT2D eigenvalue weighted by Crippen LogP contribution is 2.32. The fourth-order valence-corrected chi connectivity index (χ4v) is 2.42. The van der Waals surface area contributed by atoms with Crippen molar-refractivity contribution >= 4 is 10.9 Å². The molecule has 3 rings (SSSR count). The number of nitrogens with one attached hydrogen (secondary N) is 1. The number of aromatic nitrogens is 2. The number of H-pyrrole nitrogens is 1. The molecular weight excluding hydrogens is 337 g/mol. The Labute approximate surface area is 140 Å². The van der Waals surface area contributed by atoms with E-state index in [1.165, 1.54) is 38.5 Å². The smallest absolute Gasteiger partial charge is 0.416 e. The van der Waals surface area contributed by atoms with Crippen molar-refractivity contribution in [1.29, 1.82) is 0 Å². The van der Waals surface area contributed by atoms with Gasteiger partial charge in [0.1, 0.15) is 5.82 Å². The molecule has 1 heterocycles. The predicted molar refractivity (Wildman–Crippen MR) is 85.9 cm³/mol. The van der Waals surface area contributed by atoms with Crippen LogP contribution < -0.4 is 15.0 Å². The number of hydrogen-bond donors (Lipinski definition) is 1. The molecule has 25 heavy (non-hydrogen) atoms. The third-order valence-electron chi connectivity index (χ3n) is 3.70. The molecule has 0 aliphatic carbocycles. The number of rotatable bonds is 3. The maximum Gasteiger partial charge on any atom is 0.416 e. The van der Waals surface area contributed by atoms with Crippen molar-refractivity contribution in [1.82, 2.24) is 9.97 Å². The lowest BCUT2D eigenvalue weighted by Gasteiger charge is -2.10. The molecule has 1 aromatic heterocycles. The van der Waals surface area contributed by atoms with Gasteiger partial charge in [-0.05, 0) is 18.2 Å². The second kappa shape index (κ2) is 6.12. The fraction of sp³-hybridized carbons (Fsp3) is 0.176. The Kier molecular flexibility index (Phi) is 4.12. The lowest BCUT2D eigenvalue weighted by atomic mass is 10.1. The van der Waals surface area contributed by atoms with Crippen LogP contribution in [0.1, 0.15) is 5.56 Å². The summed E-state index contributed by atoms with van der Waals surface area (Å²) in [5, 5.41) is 0.285. The van der Waals surface area contributed by atoms with Gasteiger partial charge >= 0.3 is 6.18 Å². The van der Waals surface area contributed by atoms with Gasteiger partial charge in [0.05, 0.1) is 30.7 Å². The number of fused-ring (bicyclic) bond motifs is 1. The van der Waals surface area contributed by atoms with Crippen molar-refractivity contribution in [3.63, 3.8) is 0 Å². The SMILES string of the molecule is COc1cc2nc(-c3ccc(C(F)(F)F)cc3)[nH]c(=O)c2cc1OC. The highest BCUT2D eigenvalue weighted by Gasteiger charge is 2.30. The van der Waals surface area contributed by atoms with Crippen molar-refractivity contribution in [3.8, 4) is 22.9 Å². The van der Waals surface area contributed by atoms with E-state index in [4.69, 9.17) is 9.47 Å². The van der Waals surface area contributed by atoms with Crippen LogP contribution in [0.3, 0.4) is 0 Å². The van der Waals surface area contributed by atoms with E-state index >= 15 is 0 Å². The van der Waals surface area contributed by atoms with Gasteiger partial charge < -0.3 is 14.5 Å². The third-order valence-corrected chi connectivity index (χ3v) is 3.70. The molecule has 0 spiro atoms. The van der Waals surface area contributed by atoms with E-state index in [1.807, 2.05) is 0 Å². The zero-order valence-electron chi connectivity index (χ0n) is 13.3. The van der Waals surface area contributed by atoms with Crippen LogP contribution in [-0.2, 0) is 6.18 Å². The molecule has 0 fully saturated rings. The molecule has 0 unspecified atom stereocenters. The van der Waals surface area contributed by atoms with Crippen LogP contribution in [0.2, 0.25) is 0 Å². The Morgan fingerprint density at radius 3 is 2.16 bits per heavy atom. The van der Waals surface area contributed by atoms with Crippen molar-refractivity contribution in [2.75, 3.05) is 14.2 Å². The third kappa shape index (κ3) is 3.15. The van der Waals surface area contributed by atoms with Gasteiger partial charge in [0.2, 0.25) is 0 Å². The molecular formula is C17H13F3N2O3. The van der Waals surface area contributed by atoms with Crippen molar-refractivity contribution < 1.29 is 22.6 Å². The molecule has 130 valence electrons. The molecule has 0 saturated carbocycles. The Hall–Kier alpha value is -3.03. The number of methoxy groups -OCH3 is 2. The van der Waals surface area contributed by atoms with Gasteiger partial charge in [-0.1, -0.05) is 12.1 Å². The van der Waals surface area contributed by atoms with E-state index in [9.17, 15) is 18.0 Å². The van der Waals surface area contributed by atoms with E-state index in [-0.39, 0.29) is 11.2 Å². The van der Waals surface area contributed by atoms with E-state index in [0.717, 1.165) is 12.1 Å². The van der Waals surface area contributed by atoms with Crippen LogP contribution in [0.15, 0.2) is 41.2 Å². The van der Waals surface area contributed by atoms with Gasteiger partial charge in [-0.15, -0.1) is 0 Å². The minimum absolute atomic E-state index is 0.165. The van der Waals surface area contributed by atoms with Crippen molar-refractivity contribution in [2.45, 2.75) is 6.18 Å². The second-order valence-corrected chi connectivity index (χ2v) is 5.21. The summed E-state index contributed by atoms with van der Waals surface area (Å²) in [6.07, 6.45) is -4.42. The topological polar surface area (TPSA) is 64.2 Å². The molecule has 0 saturated heterocycles. The van der Waals surface area contributed by atoms with E-state index < -0.39 is 17.3 Å². The summed E-state index contributed by atoms with van der Waals surface area (Å²) < 4.78 is 48.3. The van der Waals surface area contributed by atoms with Crippen LogP contribution in [-0.4, -0.2) is 24.2 Å². The van der Waals surface area contributed by atoms with Crippen LogP contribution in [0.5, 0.6) is 11.5 Å². The quantitative estimate of drug-likeness (QED) is 0.784. The molecule has 0 atom stereocenters. The number of ether oxygens (including phenoxy) is 2. The number of alkyl halides is 3. The largest absolute Gasteiger partial charge is 0.493 e. The summed E-state index contributed by atoms with van der Waals surface area (Å²) >= 11 is 0. The molecule has 5 nitrogen and oxygen atoms in total. The number of hydrogen-bond acceptors (Lipinski definition) is 4. The average molecular weight is 350 g/mol. The molecule has 0 bridgehead atoms. The van der Waals surface area contributed by atoms with Crippen LogP contribution in [0.25, 0.3) is 22.3 Å². The van der Waals surface area contributed by atoms with Gasteiger partial charge in [-0.25, -0.2) is 4.98 Å². The maximum atomic E-state index is 12.7. The Morgan fingerprint density at radius 2 is 1.60 bits per heavy atom. The lowest BCUT2D eigenvalue weighted by Crippen LogP contribution is -2.10. The van der Waals surface area contributed by atoms with Gasteiger partial charge in [-0.2, -0.15) is 13.2 Å². The van der Waals surface area contributed by atoms with E-state index in [0.29, 0.717) is 22.6 Å². The Bertz CT molecular complexity index is 979. The first-order chi connectivity index (χ1) is 11.8. The Morgan fingerprint density at radius 1 is 1.00 bits per heavy atom. The maximum absolute atomic E-state index is 12.7. The number of benzene rings is 2. The molecule has 0 radical (unpaired) electrons. The lowest BCUT2D eigenvalue weighted by molar-refractivity contribution is -0.137. The summed E-state index contributed by atoms with van der Waals surface area (Å²) in [6, 6.07) is 7.43. The molecule has 3 aromatic rings. The van der Waals surface area contributed by atoms with Crippen molar-refractivity contribution in [2.24, 2.45) is 0 Å². The first kappa shape index (κ1) is 16.8. The molecule has 0 amide bonds. The van der Waals surface area contributed by atoms with Crippen LogP contribution >= 0.6 is 0 Å². The molecule has 0 aliphatic rings. The summed E-state index contributed by atoms with van der Waals surface area (Å²) in [5.74, 6) is 0.939. The van der Waals surface area contributed by atoms with Gasteiger partial charge in [0.25, 0.3) is 5.56 Å². The zero-order valence-corrected chi connectivity index (χ0v) is 13.3. The minimum Gasteiger partial charge on any atom is -0.493 e. The monoisotopic (exact) mass is 350 g/mol. The first-order valence-corrected chi connectivity index (χ1v) is 7.17. The van der Waals surface area contributed by atoms with Gasteiger partial charge in [-0.3, -0.25) is 4.79 Å². The normalized spacial score (nSPS) is 11.6. The highest BCUT2D eigenvalue weighted by atomic mass is 19.4. The summed E-state index contributed by atoms with van der Waals surface area (Å²) in [6.45, 7) is 0. The zero-order chi connectivity index (χ0) is 18.2. The minimum atomic E-state index is -4.42. The summed E-state index contributed by atoms with van der Waals surface area (Å²) in [7, 11) is 2.90. The predicted octanol–water partition coefficient (Wildman–Crippen LogP) is 3.63. The molecule has 0 aliphatic heterocycles. The summed E-state index contributed by atoms with van der Waals surface area (Å²) in [5.41, 5.74) is -0.496. The molecule has 1 N–H and O–H groups in total. The summed E-state index contributed by atoms with van der Waals surface area (Å²) in [4.78, 5) is 19.2. The van der Waals surface area contributed by atoms with Crippen molar-refractivity contribution in [3.05, 3.63) is 52.3 Å². The Balaban J connectivity index is 2.13. The van der Waals surface area contributed by atoms with Gasteiger partial charge in [0.15, 0.2) is 11.5 Å². The molecule has 2 aromatic carbocycles.